The van der Waals surface area contributed by atoms with Crippen molar-refractivity contribution in [1.29, 1.82) is 0 Å². The molecule has 3 nitrogen and oxygen atoms in total. The lowest BCUT2D eigenvalue weighted by atomic mass is 10.1. The summed E-state index contributed by atoms with van der Waals surface area (Å²) in [7, 11) is 0. The highest BCUT2D eigenvalue weighted by Crippen LogP contribution is 2.10. The molecule has 4 heteroatoms. The van der Waals surface area contributed by atoms with Crippen LogP contribution in [0.25, 0.3) is 0 Å². The Bertz CT molecular complexity index is 323. The zero-order valence-corrected chi connectivity index (χ0v) is 13.6. The Hall–Kier alpha value is -0.510. The van der Waals surface area contributed by atoms with Crippen molar-refractivity contribution in [3.63, 3.8) is 0 Å². The lowest BCUT2D eigenvalue weighted by Crippen LogP contribution is -2.06. The first kappa shape index (κ1) is 16.5. The van der Waals surface area contributed by atoms with Crippen molar-refractivity contribution in [3.05, 3.63) is 11.9 Å². The molecule has 1 rings (SSSR count). The molecule has 0 unspecified atom stereocenters. The van der Waals surface area contributed by atoms with E-state index in [1.165, 1.54) is 50.0 Å². The van der Waals surface area contributed by atoms with Gasteiger partial charge in [0.25, 0.3) is 0 Å². The third-order valence-corrected chi connectivity index (χ3v) is 4.08. The van der Waals surface area contributed by atoms with Crippen molar-refractivity contribution in [2.24, 2.45) is 5.92 Å². The fraction of sp³-hybridized carbons (Fsp3) is 0.867. The number of nitrogens with zero attached hydrogens (tertiary/aromatic N) is 3. The van der Waals surface area contributed by atoms with Gasteiger partial charge in [-0.3, -0.25) is 0 Å². The van der Waals surface area contributed by atoms with Crippen LogP contribution in [0, 0.1) is 5.92 Å². The fourth-order valence-electron chi connectivity index (χ4n) is 2.20. The Morgan fingerprint density at radius 3 is 2.74 bits per heavy atom. The van der Waals surface area contributed by atoms with Gasteiger partial charge in [-0.05, 0) is 43.6 Å². The SMILES string of the molecule is CSCCCCCc1cnnn1CCCCC(C)C. The maximum atomic E-state index is 4.21. The molecule has 0 spiro atoms. The second-order valence-corrected chi connectivity index (χ2v) is 6.63. The summed E-state index contributed by atoms with van der Waals surface area (Å²) in [6.07, 6.45) is 13.0. The highest BCUT2D eigenvalue weighted by atomic mass is 32.2. The number of rotatable bonds is 11. The van der Waals surface area contributed by atoms with E-state index in [1.54, 1.807) is 0 Å². The Balaban J connectivity index is 2.18. The Morgan fingerprint density at radius 1 is 1.16 bits per heavy atom. The second kappa shape index (κ2) is 10.3. The van der Waals surface area contributed by atoms with E-state index in [2.05, 4.69) is 35.1 Å². The quantitative estimate of drug-likeness (QED) is 0.571. The Labute approximate surface area is 122 Å². The van der Waals surface area contributed by atoms with Gasteiger partial charge in [0.1, 0.15) is 0 Å². The van der Waals surface area contributed by atoms with Gasteiger partial charge in [-0.15, -0.1) is 5.10 Å². The number of thioether (sulfide) groups is 1. The smallest absolute Gasteiger partial charge is 0.0725 e. The number of hydrogen-bond acceptors (Lipinski definition) is 3. The molecule has 0 fully saturated rings. The summed E-state index contributed by atoms with van der Waals surface area (Å²) in [6, 6.07) is 0. The molecule has 0 aliphatic heterocycles. The summed E-state index contributed by atoms with van der Waals surface area (Å²) in [5.74, 6) is 2.10. The molecule has 0 saturated heterocycles. The number of hydrogen-bond donors (Lipinski definition) is 0. The third-order valence-electron chi connectivity index (χ3n) is 3.38. The average Bonchev–Trinajstić information content (AvgIpc) is 2.82. The number of aromatic nitrogens is 3. The fourth-order valence-corrected chi connectivity index (χ4v) is 2.70. The third kappa shape index (κ3) is 7.61. The minimum absolute atomic E-state index is 0.812. The van der Waals surface area contributed by atoms with Crippen molar-refractivity contribution in [2.75, 3.05) is 12.0 Å². The van der Waals surface area contributed by atoms with Crippen LogP contribution in [0.5, 0.6) is 0 Å². The Morgan fingerprint density at radius 2 is 2.00 bits per heavy atom. The molecule has 0 N–H and O–H groups in total. The number of aryl methyl sites for hydroxylation is 2. The van der Waals surface area contributed by atoms with Crippen LogP contribution in [0.1, 0.15) is 58.1 Å². The van der Waals surface area contributed by atoms with Gasteiger partial charge in [0.05, 0.1) is 11.9 Å². The minimum atomic E-state index is 0.812. The summed E-state index contributed by atoms with van der Waals surface area (Å²) in [6.45, 7) is 5.61. The predicted molar refractivity (Wildman–Crippen MR) is 84.6 cm³/mol. The van der Waals surface area contributed by atoms with Crippen molar-refractivity contribution in [1.82, 2.24) is 15.0 Å². The zero-order chi connectivity index (χ0) is 13.9. The summed E-state index contributed by atoms with van der Waals surface area (Å²) < 4.78 is 2.11. The molecule has 1 aromatic rings. The van der Waals surface area contributed by atoms with Gasteiger partial charge < -0.3 is 0 Å². The van der Waals surface area contributed by atoms with Crippen LogP contribution in [0.2, 0.25) is 0 Å². The molecule has 110 valence electrons. The molecule has 0 saturated carbocycles. The van der Waals surface area contributed by atoms with Crippen LogP contribution in [-0.2, 0) is 13.0 Å². The molecule has 0 radical (unpaired) electrons. The van der Waals surface area contributed by atoms with E-state index < -0.39 is 0 Å². The zero-order valence-electron chi connectivity index (χ0n) is 12.8. The topological polar surface area (TPSA) is 30.7 Å². The van der Waals surface area contributed by atoms with Crippen LogP contribution in [-0.4, -0.2) is 27.0 Å². The van der Waals surface area contributed by atoms with Crippen LogP contribution in [0.15, 0.2) is 6.20 Å². The first-order chi connectivity index (χ1) is 9.24. The van der Waals surface area contributed by atoms with Gasteiger partial charge in [0, 0.05) is 6.54 Å². The van der Waals surface area contributed by atoms with Crippen molar-refractivity contribution < 1.29 is 0 Å². The Kier molecular flexibility index (Phi) is 8.97. The molecule has 0 amide bonds. The molecule has 19 heavy (non-hydrogen) atoms. The monoisotopic (exact) mass is 283 g/mol. The van der Waals surface area contributed by atoms with Gasteiger partial charge in [-0.1, -0.05) is 38.3 Å². The van der Waals surface area contributed by atoms with E-state index in [-0.39, 0.29) is 0 Å². The van der Waals surface area contributed by atoms with E-state index in [9.17, 15) is 0 Å². The second-order valence-electron chi connectivity index (χ2n) is 5.64. The standard InChI is InChI=1S/C15H29N3S/c1-14(2)9-6-7-11-18-15(13-16-17-18)10-5-4-8-12-19-3/h13-14H,4-12H2,1-3H3. The first-order valence-electron chi connectivity index (χ1n) is 7.60. The molecule has 0 aromatic carbocycles. The normalized spacial score (nSPS) is 11.4. The van der Waals surface area contributed by atoms with Gasteiger partial charge in [-0.2, -0.15) is 11.8 Å². The molecule has 0 aliphatic rings. The van der Waals surface area contributed by atoms with E-state index >= 15 is 0 Å². The summed E-state index contributed by atoms with van der Waals surface area (Å²) in [5, 5.41) is 8.27. The van der Waals surface area contributed by atoms with Crippen molar-refractivity contribution in [2.45, 2.75) is 65.3 Å². The van der Waals surface area contributed by atoms with Gasteiger partial charge in [0.2, 0.25) is 0 Å². The lowest BCUT2D eigenvalue weighted by Gasteiger charge is -2.07. The highest BCUT2D eigenvalue weighted by Gasteiger charge is 2.04. The van der Waals surface area contributed by atoms with Gasteiger partial charge in [0.15, 0.2) is 0 Å². The van der Waals surface area contributed by atoms with Crippen LogP contribution < -0.4 is 0 Å². The molecule has 0 bridgehead atoms. The van der Waals surface area contributed by atoms with Gasteiger partial charge in [-0.25, -0.2) is 4.68 Å². The molecule has 1 heterocycles. The summed E-state index contributed by atoms with van der Waals surface area (Å²) >= 11 is 1.94. The van der Waals surface area contributed by atoms with E-state index in [0.29, 0.717) is 0 Å². The lowest BCUT2D eigenvalue weighted by molar-refractivity contribution is 0.474. The molecular weight excluding hydrogens is 254 g/mol. The van der Waals surface area contributed by atoms with E-state index in [1.807, 2.05) is 18.0 Å². The molecular formula is C15H29N3S. The maximum Gasteiger partial charge on any atom is 0.0725 e. The summed E-state index contributed by atoms with van der Waals surface area (Å²) in [4.78, 5) is 0. The van der Waals surface area contributed by atoms with Crippen LogP contribution >= 0.6 is 11.8 Å². The van der Waals surface area contributed by atoms with Crippen molar-refractivity contribution in [3.8, 4) is 0 Å². The first-order valence-corrected chi connectivity index (χ1v) is 8.99. The summed E-state index contributed by atoms with van der Waals surface area (Å²) in [5.41, 5.74) is 1.31. The predicted octanol–water partition coefficient (Wildman–Crippen LogP) is 4.18. The van der Waals surface area contributed by atoms with Gasteiger partial charge >= 0.3 is 0 Å². The number of unbranched alkanes of at least 4 members (excludes halogenated alkanes) is 3. The van der Waals surface area contributed by atoms with Crippen molar-refractivity contribution >= 4 is 11.8 Å². The highest BCUT2D eigenvalue weighted by molar-refractivity contribution is 7.98. The van der Waals surface area contributed by atoms with Crippen LogP contribution in [0.3, 0.4) is 0 Å². The van der Waals surface area contributed by atoms with E-state index in [0.717, 1.165) is 18.9 Å². The van der Waals surface area contributed by atoms with E-state index in [4.69, 9.17) is 0 Å². The maximum absolute atomic E-state index is 4.21. The largest absolute Gasteiger partial charge is 0.249 e. The average molecular weight is 283 g/mol. The molecule has 0 aliphatic carbocycles. The molecule has 1 aromatic heterocycles. The molecule has 0 atom stereocenters. The van der Waals surface area contributed by atoms with Crippen LogP contribution in [0.4, 0.5) is 0 Å². The minimum Gasteiger partial charge on any atom is -0.249 e.